The van der Waals surface area contributed by atoms with Gasteiger partial charge in [0.05, 0.1) is 50.6 Å². The van der Waals surface area contributed by atoms with Crippen LogP contribution in [0.15, 0.2) is 30.3 Å². The van der Waals surface area contributed by atoms with E-state index in [4.69, 9.17) is 11.5 Å². The molecule has 1 aromatic carbocycles. The van der Waals surface area contributed by atoms with Crippen LogP contribution < -0.4 is 91.2 Å². The van der Waals surface area contributed by atoms with Crippen LogP contribution in [0.25, 0.3) is 0 Å². The number of carboxylic acids is 3. The Morgan fingerprint density at radius 2 is 0.708 bits per heavy atom. The number of aliphatic hydroxyl groups is 6. The van der Waals surface area contributed by atoms with Crippen molar-refractivity contribution in [2.45, 2.75) is 256 Å². The van der Waals surface area contributed by atoms with E-state index in [1.54, 1.807) is 53.9 Å². The van der Waals surface area contributed by atoms with E-state index in [0.717, 1.165) is 27.7 Å². The molecule has 0 bridgehead atoms. The smallest absolute Gasteiger partial charge is 0.328 e. The Labute approximate surface area is 697 Å². The number of carbonyl (C=O) groups excluding carboxylic acids is 16. The van der Waals surface area contributed by atoms with E-state index >= 15 is 0 Å². The molecule has 0 saturated heterocycles. The summed E-state index contributed by atoms with van der Waals surface area (Å²) in [6.45, 7) is 13.6. The third kappa shape index (κ3) is 37.7. The molecule has 0 saturated carbocycles. The molecular weight excluding hydrogens is 1610 g/mol. The first kappa shape index (κ1) is 107. The van der Waals surface area contributed by atoms with Gasteiger partial charge in [-0.1, -0.05) is 92.1 Å². The van der Waals surface area contributed by atoms with Crippen LogP contribution in [0, 0.1) is 23.7 Å². The van der Waals surface area contributed by atoms with Gasteiger partial charge in [-0.15, -0.1) is 0 Å². The minimum absolute atomic E-state index is 0.0394. The first-order valence-electron chi connectivity index (χ1n) is 38.7. The Hall–Kier alpha value is -10.8. The number of benzene rings is 1. The molecule has 28 N–H and O–H groups in total. The van der Waals surface area contributed by atoms with Gasteiger partial charge in [0, 0.05) is 19.3 Å². The molecule has 0 aliphatic rings. The highest BCUT2D eigenvalue weighted by Gasteiger charge is 2.41. The first-order chi connectivity index (χ1) is 56.0. The quantitative estimate of drug-likeness (QED) is 0.0288. The second-order valence-electron chi connectivity index (χ2n) is 29.9. The number of aliphatic carboxylic acids is 3. The molecule has 0 aliphatic heterocycles. The molecule has 46 heteroatoms. The zero-order valence-corrected chi connectivity index (χ0v) is 70.0. The summed E-state index contributed by atoms with van der Waals surface area (Å²) in [6.07, 6.45) is -8.02. The Kier molecular flexibility index (Phi) is 48.0. The number of thioether (sulfide) groups is 1. The van der Waals surface area contributed by atoms with Crippen molar-refractivity contribution < 1.29 is 137 Å². The number of carbonyl (C=O) groups is 19. The topological polar surface area (TPSA) is 739 Å². The number of carboxylic acid groups (broad SMARTS) is 3. The van der Waals surface area contributed by atoms with Crippen molar-refractivity contribution in [2.75, 3.05) is 31.8 Å². The van der Waals surface area contributed by atoms with Gasteiger partial charge in [-0.25, -0.2) is 4.79 Å². The fourth-order valence-electron chi connectivity index (χ4n) is 11.1. The molecule has 16 amide bonds. The van der Waals surface area contributed by atoms with E-state index in [2.05, 4.69) is 79.8 Å². The molecule has 0 unspecified atom stereocenters. The number of rotatable bonds is 56. The minimum Gasteiger partial charge on any atom is -0.481 e. The van der Waals surface area contributed by atoms with Gasteiger partial charge in [0.15, 0.2) is 0 Å². The third-order valence-corrected chi connectivity index (χ3v) is 19.2. The lowest BCUT2D eigenvalue weighted by Crippen LogP contribution is -2.64. The van der Waals surface area contributed by atoms with Gasteiger partial charge in [0.1, 0.15) is 90.6 Å². The fraction of sp³-hybridized carbons (Fsp3) is 0.662. The molecule has 0 radical (unpaired) electrons. The summed E-state index contributed by atoms with van der Waals surface area (Å²) in [4.78, 5) is 255. The monoisotopic (exact) mass is 1730 g/mol. The molecule has 0 spiro atoms. The van der Waals surface area contributed by atoms with Crippen molar-refractivity contribution in [1.82, 2.24) is 79.8 Å². The maximum absolute atomic E-state index is 14.4. The molecular formula is C74H121N17O28S. The second-order valence-corrected chi connectivity index (χ2v) is 30.8. The molecule has 0 aromatic heterocycles. The Morgan fingerprint density at radius 3 is 1.11 bits per heavy atom. The van der Waals surface area contributed by atoms with Gasteiger partial charge in [0.2, 0.25) is 94.5 Å². The number of hydrogen-bond acceptors (Lipinski definition) is 27. The van der Waals surface area contributed by atoms with Crippen molar-refractivity contribution in [1.29, 1.82) is 0 Å². The summed E-state index contributed by atoms with van der Waals surface area (Å²) in [6, 6.07) is -20.1. The van der Waals surface area contributed by atoms with Crippen LogP contribution >= 0.6 is 11.8 Å². The summed E-state index contributed by atoms with van der Waals surface area (Å²) in [5, 5.41) is 126. The van der Waals surface area contributed by atoms with Crippen molar-refractivity contribution in [3.8, 4) is 0 Å². The standard InChI is InChI=1S/C74H121N17O28S/c1-14-35(8)55(70(114)86-49(31-94)74(118)119)88-69(113)54(34(6)7)87-65(109)46(28-50(75)98)83-71(115)56(37(10)95)91-67(111)48(30-93)85-73(117)58(39(12)97)90-64(108)45(27-40-18-16-15-17-19-40)81-61(105)41(20-22-51(99)100)78-59(103)36(9)77-60(104)43(24-25-120-13)80-66(110)47(29-92)84-72(116)57(38(11)96)89-62(106)42(21-23-52(101)102)79-63(107)44(26-32(2)3)82-68(112)53(76)33(4)5/h15-19,32-39,41-49,53-58,92-97H,14,20-31,76H2,1-13H3,(H2,75,98)(H,77,104)(H,78,103)(H,79,107)(H,80,110)(H,81,105)(H,82,112)(H,83,115)(H,84,116)(H,85,117)(H,86,114)(H,87,109)(H,88,113)(H,89,106)(H,90,108)(H,91,111)(H,99,100)(H,101,102)(H,118,119)/t35-,36-,37+,38+,39+,41-,42-,43-,44-,45-,46-,47-,48-,49-,53-,54-,55-,56-,57-,58-/m0/s1. The van der Waals surface area contributed by atoms with Crippen LogP contribution in [-0.4, -0.2) is 305 Å². The van der Waals surface area contributed by atoms with Crippen LogP contribution in [0.2, 0.25) is 0 Å². The predicted octanol–water partition coefficient (Wildman–Crippen LogP) is -9.19. The lowest BCUT2D eigenvalue weighted by molar-refractivity contribution is -0.144. The van der Waals surface area contributed by atoms with Crippen molar-refractivity contribution in [3.63, 3.8) is 0 Å². The number of hydrogen-bond donors (Lipinski definition) is 26. The average Bonchev–Trinajstić information content (AvgIpc) is 0.862. The predicted molar refractivity (Wildman–Crippen MR) is 426 cm³/mol. The molecule has 20 atom stereocenters. The molecule has 45 nitrogen and oxygen atoms in total. The maximum Gasteiger partial charge on any atom is 0.328 e. The van der Waals surface area contributed by atoms with Crippen LogP contribution in [0.3, 0.4) is 0 Å². The zero-order valence-electron chi connectivity index (χ0n) is 69.2. The molecule has 1 rings (SSSR count). The largest absolute Gasteiger partial charge is 0.481 e. The summed E-state index contributed by atoms with van der Waals surface area (Å²) >= 11 is 1.19. The zero-order chi connectivity index (χ0) is 91.9. The van der Waals surface area contributed by atoms with Crippen molar-refractivity contribution in [3.05, 3.63) is 35.9 Å². The minimum atomic E-state index is -2.11. The van der Waals surface area contributed by atoms with E-state index in [1.165, 1.54) is 49.9 Å². The number of nitrogens with one attached hydrogen (secondary N) is 15. The summed E-state index contributed by atoms with van der Waals surface area (Å²) in [7, 11) is 0. The van der Waals surface area contributed by atoms with Gasteiger partial charge in [0.25, 0.3) is 0 Å². The lowest BCUT2D eigenvalue weighted by atomic mass is 9.96. The van der Waals surface area contributed by atoms with E-state index in [-0.39, 0.29) is 36.9 Å². The first-order valence-corrected chi connectivity index (χ1v) is 40.1. The highest BCUT2D eigenvalue weighted by molar-refractivity contribution is 7.98. The van der Waals surface area contributed by atoms with Crippen LogP contribution in [0.1, 0.15) is 140 Å². The number of primary amides is 1. The van der Waals surface area contributed by atoms with Crippen LogP contribution in [-0.2, 0) is 97.5 Å². The van der Waals surface area contributed by atoms with Crippen molar-refractivity contribution in [2.24, 2.45) is 35.1 Å². The molecule has 0 heterocycles. The average molecular weight is 1730 g/mol. The SMILES string of the molecule is CC[C@H](C)[C@H](NC(=O)[C@@H](NC(=O)[C@H](CC(N)=O)NC(=O)[C@@H](NC(=O)[C@H](CO)NC(=O)[C@@H](NC(=O)[C@H](Cc1ccccc1)NC(=O)[C@H](CCC(=O)O)NC(=O)[C@H](C)NC(=O)[C@H](CCSC)NC(=O)[C@H](CO)NC(=O)[C@@H](NC(=O)[C@H](CCC(=O)O)NC(=O)[C@H](CC(C)C)NC(=O)[C@@H](N)C(C)C)[C@@H](C)O)[C@@H](C)O)[C@@H](C)O)C(C)C)C(=O)N[C@@H](CO)C(=O)O. The summed E-state index contributed by atoms with van der Waals surface area (Å²) < 4.78 is 0. The Morgan fingerprint density at radius 1 is 0.375 bits per heavy atom. The van der Waals surface area contributed by atoms with Crippen LogP contribution in [0.4, 0.5) is 0 Å². The van der Waals surface area contributed by atoms with E-state index in [1.807, 2.05) is 0 Å². The Balaban J connectivity index is 3.54. The number of aliphatic hydroxyl groups excluding tert-OH is 6. The van der Waals surface area contributed by atoms with Gasteiger partial charge in [-0.05, 0) is 94.6 Å². The molecule has 0 fully saturated rings. The third-order valence-electron chi connectivity index (χ3n) is 18.5. The highest BCUT2D eigenvalue weighted by Crippen LogP contribution is 2.16. The van der Waals surface area contributed by atoms with Gasteiger partial charge in [-0.3, -0.25) is 86.3 Å². The van der Waals surface area contributed by atoms with E-state index < -0.39 is 298 Å². The van der Waals surface area contributed by atoms with Gasteiger partial charge >= 0.3 is 17.9 Å². The maximum atomic E-state index is 14.4. The summed E-state index contributed by atoms with van der Waals surface area (Å²) in [5.41, 5.74) is 11.7. The molecule has 0 aliphatic carbocycles. The molecule has 1 aromatic rings. The van der Waals surface area contributed by atoms with Crippen molar-refractivity contribution >= 4 is 124 Å². The van der Waals surface area contributed by atoms with Gasteiger partial charge in [-0.2, -0.15) is 11.8 Å². The second kappa shape index (κ2) is 53.7. The Bertz CT molecular complexity index is 3670. The lowest BCUT2D eigenvalue weighted by Gasteiger charge is -2.30. The van der Waals surface area contributed by atoms with E-state index in [0.29, 0.717) is 5.56 Å². The number of nitrogens with two attached hydrogens (primary N) is 2. The number of amides is 16. The summed E-state index contributed by atoms with van der Waals surface area (Å²) in [5.74, 6) is -25.1. The van der Waals surface area contributed by atoms with Crippen LogP contribution in [0.5, 0.6) is 0 Å². The molecule has 120 heavy (non-hydrogen) atoms. The van der Waals surface area contributed by atoms with E-state index in [9.17, 15) is 137 Å². The normalized spacial score (nSPS) is 16.3. The fourth-order valence-corrected chi connectivity index (χ4v) is 11.6. The van der Waals surface area contributed by atoms with Gasteiger partial charge < -0.3 is 137 Å². The molecule has 676 valence electrons. The highest BCUT2D eigenvalue weighted by atomic mass is 32.2.